The second kappa shape index (κ2) is 3.91. The maximum absolute atomic E-state index is 11.3. The minimum absolute atomic E-state index is 0.189. The van der Waals surface area contributed by atoms with Crippen LogP contribution in [0.5, 0.6) is 0 Å². The fourth-order valence-corrected chi connectivity index (χ4v) is 2.04. The van der Waals surface area contributed by atoms with E-state index in [0.29, 0.717) is 0 Å². The van der Waals surface area contributed by atoms with E-state index in [-0.39, 0.29) is 12.4 Å². The molecule has 0 spiro atoms. The molecule has 0 saturated carbocycles. The minimum Gasteiger partial charge on any atom is -0.465 e. The summed E-state index contributed by atoms with van der Waals surface area (Å²) in [6.07, 6.45) is 0. The van der Waals surface area contributed by atoms with Crippen molar-refractivity contribution in [2.45, 2.75) is 19.1 Å². The normalized spacial score (nSPS) is 27.8. The summed E-state index contributed by atoms with van der Waals surface area (Å²) in [6.45, 7) is 3.44. The van der Waals surface area contributed by atoms with Crippen LogP contribution in [-0.2, 0) is 19.1 Å². The van der Waals surface area contributed by atoms with Crippen LogP contribution in [0.2, 0.25) is 0 Å². The molecule has 5 heteroatoms. The van der Waals surface area contributed by atoms with Crippen molar-refractivity contribution in [3.05, 3.63) is 0 Å². The second-order valence-electron chi connectivity index (χ2n) is 2.67. The Morgan fingerprint density at radius 1 is 1.54 bits per heavy atom. The van der Waals surface area contributed by atoms with Gasteiger partial charge >= 0.3 is 5.97 Å². The first-order chi connectivity index (χ1) is 6.07. The zero-order valence-electron chi connectivity index (χ0n) is 7.40. The van der Waals surface area contributed by atoms with Gasteiger partial charge in [-0.3, -0.25) is 14.4 Å². The van der Waals surface area contributed by atoms with Crippen LogP contribution < -0.4 is 0 Å². The first kappa shape index (κ1) is 10.2. The van der Waals surface area contributed by atoms with Gasteiger partial charge in [0.1, 0.15) is 0 Å². The van der Waals surface area contributed by atoms with Gasteiger partial charge in [0.05, 0.1) is 11.9 Å². The van der Waals surface area contributed by atoms with Crippen LogP contribution in [0, 0.1) is 5.92 Å². The zero-order chi connectivity index (χ0) is 10.0. The molecule has 72 valence electrons. The van der Waals surface area contributed by atoms with Crippen molar-refractivity contribution < 1.29 is 19.1 Å². The molecule has 0 amide bonds. The van der Waals surface area contributed by atoms with Gasteiger partial charge in [0.2, 0.25) is 5.12 Å². The minimum atomic E-state index is -1.18. The lowest BCUT2D eigenvalue weighted by molar-refractivity contribution is -0.152. The van der Waals surface area contributed by atoms with Crippen molar-refractivity contribution in [1.29, 1.82) is 0 Å². The largest absolute Gasteiger partial charge is 0.465 e. The zero-order valence-corrected chi connectivity index (χ0v) is 8.22. The number of rotatable bonds is 2. The summed E-state index contributed by atoms with van der Waals surface area (Å²) in [4.78, 5) is 33.6. The molecular weight excluding hydrogens is 192 g/mol. The highest BCUT2D eigenvalue weighted by atomic mass is 32.2. The van der Waals surface area contributed by atoms with Crippen LogP contribution in [-0.4, -0.2) is 28.7 Å². The van der Waals surface area contributed by atoms with E-state index in [1.807, 2.05) is 0 Å². The summed E-state index contributed by atoms with van der Waals surface area (Å²) in [5.41, 5.74) is 0. The summed E-state index contributed by atoms with van der Waals surface area (Å²) in [6, 6.07) is 0. The molecule has 1 saturated heterocycles. The molecule has 0 aromatic rings. The molecule has 2 atom stereocenters. The predicted octanol–water partition coefficient (Wildman–Crippen LogP) is 0.397. The number of hydrogen-bond donors (Lipinski definition) is 0. The van der Waals surface area contributed by atoms with Crippen LogP contribution in [0.4, 0.5) is 0 Å². The summed E-state index contributed by atoms with van der Waals surface area (Å²) in [5.74, 6) is -2.23. The summed E-state index contributed by atoms with van der Waals surface area (Å²) >= 11 is 0.902. The van der Waals surface area contributed by atoms with E-state index in [1.165, 1.54) is 0 Å². The molecule has 0 bridgehead atoms. The molecule has 0 aromatic heterocycles. The average Bonchev–Trinajstić information content (AvgIpc) is 2.27. The van der Waals surface area contributed by atoms with Crippen LogP contribution >= 0.6 is 11.8 Å². The molecule has 13 heavy (non-hydrogen) atoms. The van der Waals surface area contributed by atoms with Crippen LogP contribution in [0.25, 0.3) is 0 Å². The van der Waals surface area contributed by atoms with Crippen molar-refractivity contribution in [3.63, 3.8) is 0 Å². The monoisotopic (exact) mass is 202 g/mol. The van der Waals surface area contributed by atoms with Crippen molar-refractivity contribution in [1.82, 2.24) is 0 Å². The maximum Gasteiger partial charge on any atom is 0.325 e. The molecule has 1 fully saturated rings. The van der Waals surface area contributed by atoms with Crippen LogP contribution in [0.1, 0.15) is 13.8 Å². The number of hydrogen-bond acceptors (Lipinski definition) is 5. The Morgan fingerprint density at radius 3 is 2.54 bits per heavy atom. The molecule has 4 nitrogen and oxygen atoms in total. The van der Waals surface area contributed by atoms with Gasteiger partial charge in [0.15, 0.2) is 11.7 Å². The van der Waals surface area contributed by atoms with Gasteiger partial charge in [-0.25, -0.2) is 0 Å². The quantitative estimate of drug-likeness (QED) is 0.479. The first-order valence-electron chi connectivity index (χ1n) is 3.98. The van der Waals surface area contributed by atoms with E-state index < -0.39 is 22.3 Å². The number of thioether (sulfide) groups is 1. The lowest BCUT2D eigenvalue weighted by atomic mass is 10.0. The number of carbonyl (C=O) groups is 3. The van der Waals surface area contributed by atoms with Crippen molar-refractivity contribution in [2.24, 2.45) is 5.92 Å². The molecule has 1 heterocycles. The molecule has 1 aliphatic rings. The molecule has 2 unspecified atom stereocenters. The van der Waals surface area contributed by atoms with Gasteiger partial charge < -0.3 is 4.74 Å². The lowest BCUT2D eigenvalue weighted by Gasteiger charge is -2.04. The first-order valence-corrected chi connectivity index (χ1v) is 4.86. The third-order valence-corrected chi connectivity index (χ3v) is 2.79. The molecular formula is C8H10O4S. The van der Waals surface area contributed by atoms with Crippen molar-refractivity contribution in [3.8, 4) is 0 Å². The number of esters is 1. The predicted molar refractivity (Wildman–Crippen MR) is 47.2 cm³/mol. The second-order valence-corrected chi connectivity index (χ2v) is 4.01. The fraction of sp³-hybridized carbons (Fsp3) is 0.625. The van der Waals surface area contributed by atoms with E-state index in [9.17, 15) is 14.4 Å². The highest BCUT2D eigenvalue weighted by Crippen LogP contribution is 2.30. The molecule has 1 rings (SSSR count). The van der Waals surface area contributed by atoms with E-state index in [1.54, 1.807) is 13.8 Å². The summed E-state index contributed by atoms with van der Waals surface area (Å²) in [5, 5.41) is -0.808. The third-order valence-electron chi connectivity index (χ3n) is 1.74. The van der Waals surface area contributed by atoms with E-state index in [4.69, 9.17) is 0 Å². The Kier molecular flexibility index (Phi) is 3.08. The van der Waals surface area contributed by atoms with E-state index in [2.05, 4.69) is 4.74 Å². The number of carbonyl (C=O) groups excluding carboxylic acids is 3. The molecule has 0 aromatic carbocycles. The van der Waals surface area contributed by atoms with Crippen LogP contribution in [0.3, 0.4) is 0 Å². The molecule has 0 N–H and O–H groups in total. The Balaban J connectivity index is 2.74. The van der Waals surface area contributed by atoms with Crippen molar-refractivity contribution in [2.75, 3.05) is 6.61 Å². The summed E-state index contributed by atoms with van der Waals surface area (Å²) in [7, 11) is 0. The standard InChI is InChI=1S/C8H10O4S/c1-3-12-7(10)5-6(9)4(2)13-8(5)11/h4-5H,3H2,1-2H3. The van der Waals surface area contributed by atoms with E-state index in [0.717, 1.165) is 11.8 Å². The maximum atomic E-state index is 11.3. The molecule has 0 aliphatic carbocycles. The fourth-order valence-electron chi connectivity index (χ4n) is 1.09. The van der Waals surface area contributed by atoms with Gasteiger partial charge in [0.25, 0.3) is 0 Å². The topological polar surface area (TPSA) is 60.4 Å². The Morgan fingerprint density at radius 2 is 2.15 bits per heavy atom. The van der Waals surface area contributed by atoms with Gasteiger partial charge in [-0.15, -0.1) is 0 Å². The number of ether oxygens (including phenoxy) is 1. The average molecular weight is 202 g/mol. The number of Topliss-reactive ketones (excluding diaryl/α,β-unsaturated/α-hetero) is 1. The van der Waals surface area contributed by atoms with Gasteiger partial charge in [-0.1, -0.05) is 11.8 Å². The summed E-state index contributed by atoms with van der Waals surface area (Å²) < 4.78 is 4.62. The highest BCUT2D eigenvalue weighted by molar-refractivity contribution is 8.15. The lowest BCUT2D eigenvalue weighted by Crippen LogP contribution is -2.28. The third kappa shape index (κ3) is 1.91. The molecule has 1 aliphatic heterocycles. The number of ketones is 1. The van der Waals surface area contributed by atoms with Gasteiger partial charge in [0, 0.05) is 0 Å². The Hall–Kier alpha value is -0.840. The van der Waals surface area contributed by atoms with Gasteiger partial charge in [-0.05, 0) is 13.8 Å². The Labute approximate surface area is 80.0 Å². The smallest absolute Gasteiger partial charge is 0.325 e. The molecule has 0 radical (unpaired) electrons. The van der Waals surface area contributed by atoms with Crippen molar-refractivity contribution >= 4 is 28.6 Å². The van der Waals surface area contributed by atoms with Crippen LogP contribution in [0.15, 0.2) is 0 Å². The van der Waals surface area contributed by atoms with E-state index >= 15 is 0 Å². The Bertz CT molecular complexity index is 261. The SMILES string of the molecule is CCOC(=O)C1C(=O)SC(C)C1=O. The highest BCUT2D eigenvalue weighted by Gasteiger charge is 2.45. The van der Waals surface area contributed by atoms with Gasteiger partial charge in [-0.2, -0.15) is 0 Å².